The van der Waals surface area contributed by atoms with Gasteiger partial charge in [-0.05, 0) is 25.3 Å². The van der Waals surface area contributed by atoms with E-state index in [1.807, 2.05) is 0 Å². The Morgan fingerprint density at radius 1 is 1.24 bits per heavy atom. The molecule has 1 N–H and O–H groups in total. The number of piperidine rings is 1. The van der Waals surface area contributed by atoms with Crippen molar-refractivity contribution < 1.29 is 35.2 Å². The third-order valence-electron chi connectivity index (χ3n) is 7.26. The van der Waals surface area contributed by atoms with Crippen molar-refractivity contribution >= 4 is 33.2 Å². The number of anilines is 1. The van der Waals surface area contributed by atoms with Crippen LogP contribution >= 0.6 is 11.3 Å². The molecule has 2 aromatic heterocycles. The number of carbonyl (C=O) groups excluding carboxylic acids is 1. The summed E-state index contributed by atoms with van der Waals surface area (Å²) in [6.45, 7) is 1.47. The molecule has 0 bridgehead atoms. The van der Waals surface area contributed by atoms with Crippen molar-refractivity contribution in [1.29, 1.82) is 0 Å². The SMILES string of the molecule is CCC12CC(F)(F)CN1C(=O)c1cc(-c3nc(NC4CCN(S(C)(=O)=O)CC4)ncc3C(F)(F)F)sc12. The molecular formula is C22H24F5N5O3S2. The highest BCUT2D eigenvalue weighted by Gasteiger charge is 2.62. The average molecular weight is 566 g/mol. The van der Waals surface area contributed by atoms with E-state index in [0.717, 1.165) is 22.5 Å². The van der Waals surface area contributed by atoms with Gasteiger partial charge >= 0.3 is 6.18 Å². The number of carbonyl (C=O) groups is 1. The molecule has 2 saturated heterocycles. The summed E-state index contributed by atoms with van der Waals surface area (Å²) in [5.74, 6) is -3.77. The first-order chi connectivity index (χ1) is 17.1. The fourth-order valence-corrected chi connectivity index (χ4v) is 7.72. The summed E-state index contributed by atoms with van der Waals surface area (Å²) in [4.78, 5) is 22.5. The Bertz CT molecular complexity index is 1350. The first-order valence-electron chi connectivity index (χ1n) is 11.6. The van der Waals surface area contributed by atoms with Crippen LogP contribution in [0.15, 0.2) is 12.3 Å². The Hall–Kier alpha value is -2.39. The Labute approximate surface area is 213 Å². The maximum atomic E-state index is 14.3. The molecule has 2 aromatic rings. The second kappa shape index (κ2) is 8.56. The van der Waals surface area contributed by atoms with E-state index in [9.17, 15) is 35.2 Å². The third kappa shape index (κ3) is 4.48. The number of nitrogens with one attached hydrogen (secondary N) is 1. The molecule has 5 heterocycles. The number of thiophene rings is 1. The van der Waals surface area contributed by atoms with E-state index in [0.29, 0.717) is 23.9 Å². The van der Waals surface area contributed by atoms with Crippen LogP contribution in [0.2, 0.25) is 0 Å². The molecule has 5 rings (SSSR count). The van der Waals surface area contributed by atoms with Gasteiger partial charge in [0.2, 0.25) is 16.0 Å². The number of hydrogen-bond donors (Lipinski definition) is 1. The summed E-state index contributed by atoms with van der Waals surface area (Å²) in [7, 11) is -3.34. The van der Waals surface area contributed by atoms with Gasteiger partial charge in [0.15, 0.2) is 0 Å². The summed E-state index contributed by atoms with van der Waals surface area (Å²) >= 11 is 0.880. The summed E-state index contributed by atoms with van der Waals surface area (Å²) in [6.07, 6.45) is -2.56. The van der Waals surface area contributed by atoms with Crippen molar-refractivity contribution in [2.24, 2.45) is 0 Å². The largest absolute Gasteiger partial charge is 0.420 e. The molecule has 3 aliphatic rings. The minimum Gasteiger partial charge on any atom is -0.351 e. The van der Waals surface area contributed by atoms with Crippen molar-refractivity contribution in [3.63, 3.8) is 0 Å². The predicted molar refractivity (Wildman–Crippen MR) is 126 cm³/mol. The van der Waals surface area contributed by atoms with Crippen LogP contribution in [0.1, 0.15) is 53.4 Å². The minimum absolute atomic E-state index is 0.0470. The zero-order valence-electron chi connectivity index (χ0n) is 19.9. The Kier molecular flexibility index (Phi) is 6.07. The van der Waals surface area contributed by atoms with Crippen LogP contribution in [0.4, 0.5) is 27.9 Å². The third-order valence-corrected chi connectivity index (χ3v) is 9.89. The van der Waals surface area contributed by atoms with Crippen molar-refractivity contribution in [3.05, 3.63) is 28.3 Å². The number of fused-ring (bicyclic) bond motifs is 3. The van der Waals surface area contributed by atoms with E-state index in [4.69, 9.17) is 0 Å². The van der Waals surface area contributed by atoms with Crippen LogP contribution in [-0.4, -0.2) is 71.4 Å². The minimum atomic E-state index is -4.79. The van der Waals surface area contributed by atoms with Crippen molar-refractivity contribution in [2.75, 3.05) is 31.2 Å². The number of amides is 1. The molecule has 0 aliphatic carbocycles. The Morgan fingerprint density at radius 3 is 2.51 bits per heavy atom. The van der Waals surface area contributed by atoms with Gasteiger partial charge in [-0.3, -0.25) is 4.79 Å². The topological polar surface area (TPSA) is 95.5 Å². The second-order valence-electron chi connectivity index (χ2n) is 9.70. The fraction of sp³-hybridized carbons (Fsp3) is 0.591. The molecule has 2 fully saturated rings. The molecule has 202 valence electrons. The molecule has 15 heteroatoms. The normalized spacial score (nSPS) is 24.4. The smallest absolute Gasteiger partial charge is 0.351 e. The molecular weight excluding hydrogens is 541 g/mol. The van der Waals surface area contributed by atoms with Gasteiger partial charge in [0.25, 0.3) is 11.8 Å². The van der Waals surface area contributed by atoms with Crippen LogP contribution in [0.25, 0.3) is 10.6 Å². The monoisotopic (exact) mass is 565 g/mol. The maximum Gasteiger partial charge on any atom is 0.420 e. The average Bonchev–Trinajstić information content (AvgIpc) is 3.42. The first-order valence-corrected chi connectivity index (χ1v) is 14.3. The van der Waals surface area contributed by atoms with E-state index in [1.165, 1.54) is 10.4 Å². The summed E-state index contributed by atoms with van der Waals surface area (Å²) in [5.41, 5.74) is -2.66. The van der Waals surface area contributed by atoms with E-state index in [2.05, 4.69) is 15.3 Å². The van der Waals surface area contributed by atoms with E-state index in [-0.39, 0.29) is 41.9 Å². The van der Waals surface area contributed by atoms with E-state index in [1.54, 1.807) is 6.92 Å². The number of sulfonamides is 1. The highest BCUT2D eigenvalue weighted by molar-refractivity contribution is 7.88. The molecule has 3 aliphatic heterocycles. The zero-order valence-corrected chi connectivity index (χ0v) is 21.5. The van der Waals surface area contributed by atoms with Crippen molar-refractivity contribution in [2.45, 2.75) is 56.3 Å². The Balaban J connectivity index is 1.48. The lowest BCUT2D eigenvalue weighted by Gasteiger charge is -2.30. The van der Waals surface area contributed by atoms with Crippen LogP contribution in [0, 0.1) is 0 Å². The number of halogens is 5. The molecule has 1 unspecified atom stereocenters. The summed E-state index contributed by atoms with van der Waals surface area (Å²) < 4.78 is 95.0. The van der Waals surface area contributed by atoms with E-state index < -0.39 is 57.8 Å². The molecule has 1 amide bonds. The van der Waals surface area contributed by atoms with Gasteiger partial charge in [-0.2, -0.15) is 13.2 Å². The quantitative estimate of drug-likeness (QED) is 0.548. The van der Waals surface area contributed by atoms with Gasteiger partial charge < -0.3 is 10.2 Å². The van der Waals surface area contributed by atoms with Gasteiger partial charge in [0.05, 0.1) is 34.5 Å². The molecule has 0 radical (unpaired) electrons. The molecule has 0 aromatic carbocycles. The first kappa shape index (κ1) is 26.2. The lowest BCUT2D eigenvalue weighted by Crippen LogP contribution is -2.42. The number of aromatic nitrogens is 2. The summed E-state index contributed by atoms with van der Waals surface area (Å²) in [6, 6.07) is 1.05. The predicted octanol–water partition coefficient (Wildman–Crippen LogP) is 4.16. The van der Waals surface area contributed by atoms with Gasteiger partial charge in [-0.1, -0.05) is 6.92 Å². The molecule has 8 nitrogen and oxygen atoms in total. The van der Waals surface area contributed by atoms with Crippen LogP contribution in [0.3, 0.4) is 0 Å². The van der Waals surface area contributed by atoms with Gasteiger partial charge in [-0.25, -0.2) is 31.5 Å². The molecule has 1 atom stereocenters. The lowest BCUT2D eigenvalue weighted by molar-refractivity contribution is -0.137. The lowest BCUT2D eigenvalue weighted by atomic mass is 9.91. The van der Waals surface area contributed by atoms with Crippen LogP contribution < -0.4 is 5.32 Å². The highest BCUT2D eigenvalue weighted by Crippen LogP contribution is 2.57. The highest BCUT2D eigenvalue weighted by atomic mass is 32.2. The van der Waals surface area contributed by atoms with Gasteiger partial charge in [0.1, 0.15) is 5.56 Å². The van der Waals surface area contributed by atoms with Gasteiger partial charge in [-0.15, -0.1) is 11.3 Å². The zero-order chi connectivity index (χ0) is 27.0. The van der Waals surface area contributed by atoms with E-state index >= 15 is 0 Å². The standard InChI is InChI=1S/C22H24F5N5O3S2/c1-3-20-10-21(23,24)11-32(20)18(33)13-8-15(36-17(13)20)16-14(22(25,26)27)9-28-19(30-16)29-12-4-6-31(7-5-12)37(2,34)35/h8-9,12H,3-7,10-11H2,1-2H3,(H,28,29,30). The Morgan fingerprint density at radius 2 is 1.92 bits per heavy atom. The van der Waals surface area contributed by atoms with Crippen molar-refractivity contribution in [1.82, 2.24) is 19.2 Å². The van der Waals surface area contributed by atoms with Crippen LogP contribution in [0.5, 0.6) is 0 Å². The number of hydrogen-bond acceptors (Lipinski definition) is 7. The number of rotatable bonds is 5. The van der Waals surface area contributed by atoms with Gasteiger partial charge in [0, 0.05) is 36.6 Å². The second-order valence-corrected chi connectivity index (χ2v) is 12.7. The fourth-order valence-electron chi connectivity index (χ4n) is 5.43. The molecule has 0 spiro atoms. The van der Waals surface area contributed by atoms with Crippen LogP contribution in [-0.2, 0) is 21.7 Å². The summed E-state index contributed by atoms with van der Waals surface area (Å²) in [5, 5.41) is 2.99. The van der Waals surface area contributed by atoms with Crippen molar-refractivity contribution in [3.8, 4) is 10.6 Å². The molecule has 0 saturated carbocycles. The number of nitrogens with zero attached hydrogens (tertiary/aromatic N) is 4. The number of alkyl halides is 5. The maximum absolute atomic E-state index is 14.3. The molecule has 37 heavy (non-hydrogen) atoms.